The number of rotatable bonds is 5. The molecule has 0 bridgehead atoms. The Morgan fingerprint density at radius 2 is 2.06 bits per heavy atom. The molecule has 0 unspecified atom stereocenters. The lowest BCUT2D eigenvalue weighted by Crippen LogP contribution is -2.41. The Hall–Kier alpha value is -1.18. The van der Waals surface area contributed by atoms with Crippen molar-refractivity contribution in [3.05, 3.63) is 24.0 Å². The first-order valence-electron chi connectivity index (χ1n) is 5.46. The SMILES string of the molecule is CC(C)[C@@H](CO)NS(=O)(=O)c1ccc(F)cc1N. The maximum atomic E-state index is 12.9. The van der Waals surface area contributed by atoms with Gasteiger partial charge in [-0.05, 0) is 24.1 Å². The number of aliphatic hydroxyl groups is 1. The first-order valence-corrected chi connectivity index (χ1v) is 6.94. The van der Waals surface area contributed by atoms with Crippen LogP contribution in [0, 0.1) is 11.7 Å². The van der Waals surface area contributed by atoms with Crippen LogP contribution in [0.5, 0.6) is 0 Å². The third kappa shape index (κ3) is 3.41. The van der Waals surface area contributed by atoms with Crippen molar-refractivity contribution in [2.45, 2.75) is 24.8 Å². The summed E-state index contributed by atoms with van der Waals surface area (Å²) in [5.74, 6) is -0.680. The number of sulfonamides is 1. The van der Waals surface area contributed by atoms with Crippen molar-refractivity contribution in [1.82, 2.24) is 4.72 Å². The van der Waals surface area contributed by atoms with Gasteiger partial charge in [-0.3, -0.25) is 0 Å². The first kappa shape index (κ1) is 14.9. The summed E-state index contributed by atoms with van der Waals surface area (Å²) in [5.41, 5.74) is 5.32. The van der Waals surface area contributed by atoms with E-state index in [1.165, 1.54) is 0 Å². The molecule has 0 radical (unpaired) electrons. The molecule has 102 valence electrons. The lowest BCUT2D eigenvalue weighted by Gasteiger charge is -2.20. The minimum absolute atomic E-state index is 0.0774. The minimum Gasteiger partial charge on any atom is -0.398 e. The highest BCUT2D eigenvalue weighted by Gasteiger charge is 2.23. The molecule has 0 aliphatic heterocycles. The number of hydrogen-bond acceptors (Lipinski definition) is 4. The van der Waals surface area contributed by atoms with Crippen molar-refractivity contribution < 1.29 is 17.9 Å². The molecular formula is C11H17FN2O3S. The van der Waals surface area contributed by atoms with E-state index in [4.69, 9.17) is 10.8 Å². The fourth-order valence-corrected chi connectivity index (χ4v) is 2.90. The third-order valence-electron chi connectivity index (χ3n) is 2.57. The van der Waals surface area contributed by atoms with Gasteiger partial charge >= 0.3 is 0 Å². The number of nitrogen functional groups attached to an aromatic ring is 1. The molecule has 0 aliphatic carbocycles. The highest BCUT2D eigenvalue weighted by molar-refractivity contribution is 7.89. The van der Waals surface area contributed by atoms with Crippen LogP contribution in [-0.4, -0.2) is 26.2 Å². The largest absolute Gasteiger partial charge is 0.398 e. The molecule has 5 nitrogen and oxygen atoms in total. The molecule has 1 aromatic carbocycles. The van der Waals surface area contributed by atoms with E-state index in [0.29, 0.717) is 0 Å². The average Bonchev–Trinajstić information content (AvgIpc) is 2.24. The van der Waals surface area contributed by atoms with Crippen molar-refractivity contribution in [3.63, 3.8) is 0 Å². The van der Waals surface area contributed by atoms with Crippen LogP contribution in [0.25, 0.3) is 0 Å². The van der Waals surface area contributed by atoms with E-state index in [9.17, 15) is 12.8 Å². The number of nitrogens with one attached hydrogen (secondary N) is 1. The average molecular weight is 276 g/mol. The maximum Gasteiger partial charge on any atom is 0.242 e. The number of hydrogen-bond donors (Lipinski definition) is 3. The molecule has 0 aromatic heterocycles. The van der Waals surface area contributed by atoms with Gasteiger partial charge in [0.1, 0.15) is 10.7 Å². The van der Waals surface area contributed by atoms with Crippen LogP contribution in [0.15, 0.2) is 23.1 Å². The van der Waals surface area contributed by atoms with Crippen LogP contribution >= 0.6 is 0 Å². The minimum atomic E-state index is -3.87. The van der Waals surface area contributed by atoms with E-state index in [1.54, 1.807) is 13.8 Å². The number of anilines is 1. The van der Waals surface area contributed by atoms with Gasteiger partial charge in [0.15, 0.2) is 0 Å². The fourth-order valence-electron chi connectivity index (χ4n) is 1.41. The van der Waals surface area contributed by atoms with Crippen molar-refractivity contribution in [3.8, 4) is 0 Å². The summed E-state index contributed by atoms with van der Waals surface area (Å²) in [6.45, 7) is 3.23. The fraction of sp³-hybridized carbons (Fsp3) is 0.455. The van der Waals surface area contributed by atoms with Crippen LogP contribution in [0.3, 0.4) is 0 Å². The molecule has 1 atom stereocenters. The molecule has 1 aromatic rings. The Bertz CT molecular complexity index is 517. The highest BCUT2D eigenvalue weighted by Crippen LogP contribution is 2.20. The van der Waals surface area contributed by atoms with Crippen molar-refractivity contribution in [2.75, 3.05) is 12.3 Å². The summed E-state index contributed by atoms with van der Waals surface area (Å²) in [5, 5.41) is 9.10. The van der Waals surface area contributed by atoms with Gasteiger partial charge in [-0.15, -0.1) is 0 Å². The summed E-state index contributed by atoms with van der Waals surface area (Å²) < 4.78 is 39.2. The summed E-state index contributed by atoms with van der Waals surface area (Å²) >= 11 is 0. The van der Waals surface area contributed by atoms with E-state index in [2.05, 4.69) is 4.72 Å². The molecule has 1 rings (SSSR count). The van der Waals surface area contributed by atoms with Crippen molar-refractivity contribution >= 4 is 15.7 Å². The van der Waals surface area contributed by atoms with E-state index in [0.717, 1.165) is 18.2 Å². The lowest BCUT2D eigenvalue weighted by atomic mass is 10.1. The van der Waals surface area contributed by atoms with Gasteiger partial charge in [0.25, 0.3) is 0 Å². The third-order valence-corrected chi connectivity index (χ3v) is 4.13. The monoisotopic (exact) mass is 276 g/mol. The van der Waals surface area contributed by atoms with Gasteiger partial charge in [0.05, 0.1) is 12.3 Å². The van der Waals surface area contributed by atoms with E-state index in [1.807, 2.05) is 0 Å². The number of nitrogens with two attached hydrogens (primary N) is 1. The predicted octanol–water partition coefficient (Wildman–Crippen LogP) is 0.703. The van der Waals surface area contributed by atoms with Gasteiger partial charge < -0.3 is 10.8 Å². The summed E-state index contributed by atoms with van der Waals surface area (Å²) in [6, 6.07) is 2.45. The van der Waals surface area contributed by atoms with Gasteiger partial charge in [-0.2, -0.15) is 0 Å². The second-order valence-electron chi connectivity index (χ2n) is 4.34. The number of benzene rings is 1. The molecule has 0 heterocycles. The Labute approximate surface area is 106 Å². The molecule has 18 heavy (non-hydrogen) atoms. The number of aliphatic hydroxyl groups excluding tert-OH is 1. The molecule has 0 spiro atoms. The summed E-state index contributed by atoms with van der Waals surface area (Å²) in [7, 11) is -3.87. The molecule has 4 N–H and O–H groups in total. The first-order chi connectivity index (χ1) is 8.27. The molecule has 0 amide bonds. The summed E-state index contributed by atoms with van der Waals surface area (Å²) in [4.78, 5) is -0.192. The van der Waals surface area contributed by atoms with Gasteiger partial charge in [0, 0.05) is 6.04 Å². The Morgan fingerprint density at radius 3 is 2.50 bits per heavy atom. The topological polar surface area (TPSA) is 92.4 Å². The molecule has 0 aliphatic rings. The van der Waals surface area contributed by atoms with Gasteiger partial charge in [0.2, 0.25) is 10.0 Å². The van der Waals surface area contributed by atoms with Crippen molar-refractivity contribution in [1.29, 1.82) is 0 Å². The maximum absolute atomic E-state index is 12.9. The van der Waals surface area contributed by atoms with E-state index >= 15 is 0 Å². The van der Waals surface area contributed by atoms with Crippen LogP contribution < -0.4 is 10.5 Å². The van der Waals surface area contributed by atoms with E-state index < -0.39 is 21.9 Å². The smallest absolute Gasteiger partial charge is 0.242 e. The van der Waals surface area contributed by atoms with Gasteiger partial charge in [-0.25, -0.2) is 17.5 Å². The predicted molar refractivity (Wildman–Crippen MR) is 66.8 cm³/mol. The molecule has 7 heteroatoms. The van der Waals surface area contributed by atoms with Gasteiger partial charge in [-0.1, -0.05) is 13.8 Å². The van der Waals surface area contributed by atoms with Crippen LogP contribution in [0.2, 0.25) is 0 Å². The Balaban J connectivity index is 3.06. The zero-order valence-corrected chi connectivity index (χ0v) is 11.0. The second-order valence-corrected chi connectivity index (χ2v) is 6.02. The normalized spacial score (nSPS) is 13.8. The van der Waals surface area contributed by atoms with Crippen LogP contribution in [0.4, 0.5) is 10.1 Å². The molecular weight excluding hydrogens is 259 g/mol. The Morgan fingerprint density at radius 1 is 1.44 bits per heavy atom. The quantitative estimate of drug-likeness (QED) is 0.690. The molecule has 0 fully saturated rings. The molecule has 0 saturated heterocycles. The summed E-state index contributed by atoms with van der Waals surface area (Å²) in [6.07, 6.45) is 0. The van der Waals surface area contributed by atoms with Crippen molar-refractivity contribution in [2.24, 2.45) is 5.92 Å². The lowest BCUT2D eigenvalue weighted by molar-refractivity contribution is 0.227. The van der Waals surface area contributed by atoms with E-state index in [-0.39, 0.29) is 23.1 Å². The zero-order valence-electron chi connectivity index (χ0n) is 10.2. The second kappa shape index (κ2) is 5.64. The zero-order chi connectivity index (χ0) is 13.9. The standard InChI is InChI=1S/C11H17FN2O3S/c1-7(2)10(6-15)14-18(16,17)11-4-3-8(12)5-9(11)13/h3-5,7,10,14-15H,6,13H2,1-2H3/t10-/m1/s1. The molecule has 0 saturated carbocycles. The van der Waals surface area contributed by atoms with Crippen LogP contribution in [0.1, 0.15) is 13.8 Å². The van der Waals surface area contributed by atoms with Crippen LogP contribution in [-0.2, 0) is 10.0 Å². The number of halogens is 1. The highest BCUT2D eigenvalue weighted by atomic mass is 32.2. The Kier molecular flexibility index (Phi) is 4.66.